The number of carbonyl (C=O) groups excluding carboxylic acids is 1. The number of nitrogens with one attached hydrogen (secondary N) is 1. The number of hydrogen-bond acceptors (Lipinski definition) is 6. The molecule has 1 fully saturated rings. The van der Waals surface area contributed by atoms with Crippen LogP contribution in [0.2, 0.25) is 5.02 Å². The highest BCUT2D eigenvalue weighted by Gasteiger charge is 2.19. The summed E-state index contributed by atoms with van der Waals surface area (Å²) >= 11 is 6.11. The number of rotatable bonds is 10. The Kier molecular flexibility index (Phi) is 8.72. The fraction of sp³-hybridized carbons (Fsp3) is 0.370. The fourth-order valence-electron chi connectivity index (χ4n) is 4.40. The third-order valence-electron chi connectivity index (χ3n) is 6.20. The molecule has 9 heteroatoms. The van der Waals surface area contributed by atoms with Crippen LogP contribution in [-0.4, -0.2) is 58.5 Å². The van der Waals surface area contributed by atoms with Crippen molar-refractivity contribution >= 4 is 33.0 Å². The molecule has 1 aliphatic rings. The Morgan fingerprint density at radius 2 is 1.78 bits per heavy atom. The van der Waals surface area contributed by atoms with Crippen molar-refractivity contribution in [2.24, 2.45) is 0 Å². The lowest BCUT2D eigenvalue weighted by atomic mass is 10.2. The molecule has 0 spiro atoms. The number of furan rings is 1. The van der Waals surface area contributed by atoms with Crippen LogP contribution in [0.15, 0.2) is 65.1 Å². The lowest BCUT2D eigenvalue weighted by Crippen LogP contribution is -2.47. The highest BCUT2D eigenvalue weighted by Crippen LogP contribution is 2.21. The largest absolute Gasteiger partial charge is 0.455 e. The third-order valence-corrected chi connectivity index (χ3v) is 7.93. The number of amides is 1. The maximum atomic E-state index is 12.6. The fourth-order valence-corrected chi connectivity index (χ4v) is 5.96. The SMILES string of the molecule is Cc1cccc(CS(=O)(=O)Cc2ccc(C(=O)NCCCN3CCN(c4cccc(Cl)c4)CC3)o2)c1. The Morgan fingerprint density at radius 3 is 2.53 bits per heavy atom. The van der Waals surface area contributed by atoms with Gasteiger partial charge in [0, 0.05) is 43.4 Å². The lowest BCUT2D eigenvalue weighted by Gasteiger charge is -2.36. The van der Waals surface area contributed by atoms with Crippen LogP contribution in [0.4, 0.5) is 5.69 Å². The first-order valence-electron chi connectivity index (χ1n) is 12.1. The van der Waals surface area contributed by atoms with E-state index in [1.54, 1.807) is 12.1 Å². The molecule has 1 aromatic heterocycles. The summed E-state index contributed by atoms with van der Waals surface area (Å²) in [5.41, 5.74) is 2.90. The minimum Gasteiger partial charge on any atom is -0.455 e. The molecule has 0 saturated carbocycles. The zero-order valence-electron chi connectivity index (χ0n) is 20.5. The van der Waals surface area contributed by atoms with Crippen molar-refractivity contribution in [3.63, 3.8) is 0 Å². The second-order valence-electron chi connectivity index (χ2n) is 9.21. The van der Waals surface area contributed by atoms with Crippen LogP contribution in [0.25, 0.3) is 0 Å². The summed E-state index contributed by atoms with van der Waals surface area (Å²) in [5, 5.41) is 3.62. The molecule has 0 unspecified atom stereocenters. The van der Waals surface area contributed by atoms with Gasteiger partial charge in [0.2, 0.25) is 0 Å². The molecular formula is C27H32ClN3O4S. The minimum atomic E-state index is -3.42. The van der Waals surface area contributed by atoms with Gasteiger partial charge in [0.25, 0.3) is 5.91 Å². The van der Waals surface area contributed by atoms with Gasteiger partial charge in [-0.15, -0.1) is 0 Å². The molecular weight excluding hydrogens is 498 g/mol. The standard InChI is InChI=1S/C27H32ClN3O4S/c1-21-5-2-6-22(17-21)19-36(33,34)20-25-9-10-26(35-25)27(32)29-11-4-12-30-13-15-31(16-14-30)24-8-3-7-23(28)18-24/h2-3,5-10,17-18H,4,11-16,19-20H2,1H3,(H,29,32). The second kappa shape index (κ2) is 12.0. The molecule has 4 rings (SSSR count). The van der Waals surface area contributed by atoms with Crippen molar-refractivity contribution in [2.75, 3.05) is 44.2 Å². The van der Waals surface area contributed by atoms with Crippen LogP contribution in [0.1, 0.15) is 33.9 Å². The van der Waals surface area contributed by atoms with Crippen LogP contribution >= 0.6 is 11.6 Å². The third kappa shape index (κ3) is 7.59. The molecule has 2 heterocycles. The minimum absolute atomic E-state index is 0.0652. The number of halogens is 1. The van der Waals surface area contributed by atoms with E-state index in [2.05, 4.69) is 21.2 Å². The molecule has 1 N–H and O–H groups in total. The van der Waals surface area contributed by atoms with E-state index >= 15 is 0 Å². The molecule has 0 aliphatic carbocycles. The number of sulfone groups is 1. The van der Waals surface area contributed by atoms with Gasteiger partial charge in [-0.2, -0.15) is 0 Å². The summed E-state index contributed by atoms with van der Waals surface area (Å²) in [6.07, 6.45) is 0.821. The van der Waals surface area contributed by atoms with Gasteiger partial charge in [-0.05, 0) is 55.8 Å². The number of benzene rings is 2. The smallest absolute Gasteiger partial charge is 0.286 e. The Morgan fingerprint density at radius 1 is 1.00 bits per heavy atom. The van der Waals surface area contributed by atoms with Crippen molar-refractivity contribution in [1.29, 1.82) is 0 Å². The van der Waals surface area contributed by atoms with E-state index in [4.69, 9.17) is 16.0 Å². The van der Waals surface area contributed by atoms with Gasteiger partial charge in [0.15, 0.2) is 15.6 Å². The zero-order chi connectivity index (χ0) is 25.5. The summed E-state index contributed by atoms with van der Waals surface area (Å²) in [7, 11) is -3.42. The Labute approximate surface area is 218 Å². The molecule has 36 heavy (non-hydrogen) atoms. The molecule has 3 aromatic rings. The number of nitrogens with zero attached hydrogens (tertiary/aromatic N) is 2. The van der Waals surface area contributed by atoms with Gasteiger partial charge in [0.05, 0.1) is 5.75 Å². The van der Waals surface area contributed by atoms with Crippen LogP contribution in [-0.2, 0) is 21.3 Å². The number of anilines is 1. The van der Waals surface area contributed by atoms with Gasteiger partial charge in [-0.3, -0.25) is 9.69 Å². The molecule has 0 bridgehead atoms. The topological polar surface area (TPSA) is 82.9 Å². The Bertz CT molecular complexity index is 1280. The number of hydrogen-bond donors (Lipinski definition) is 1. The van der Waals surface area contributed by atoms with Crippen molar-refractivity contribution in [2.45, 2.75) is 24.9 Å². The number of carbonyl (C=O) groups is 1. The molecule has 0 atom stereocenters. The van der Waals surface area contributed by atoms with Gasteiger partial charge < -0.3 is 14.6 Å². The molecule has 7 nitrogen and oxygen atoms in total. The molecule has 1 amide bonds. The van der Waals surface area contributed by atoms with Gasteiger partial charge in [0.1, 0.15) is 11.5 Å². The van der Waals surface area contributed by atoms with Crippen molar-refractivity contribution < 1.29 is 17.6 Å². The maximum Gasteiger partial charge on any atom is 0.286 e. The summed E-state index contributed by atoms with van der Waals surface area (Å²) in [5.74, 6) is -0.237. The van der Waals surface area contributed by atoms with E-state index < -0.39 is 9.84 Å². The summed E-state index contributed by atoms with van der Waals surface area (Å²) in [6, 6.07) is 18.4. The first-order valence-corrected chi connectivity index (χ1v) is 14.3. The first kappa shape index (κ1) is 26.3. The maximum absolute atomic E-state index is 12.6. The molecule has 1 aliphatic heterocycles. The number of piperazine rings is 1. The van der Waals surface area contributed by atoms with Crippen LogP contribution in [0.5, 0.6) is 0 Å². The summed E-state index contributed by atoms with van der Waals surface area (Å²) in [6.45, 7) is 7.14. The molecule has 0 radical (unpaired) electrons. The van der Waals surface area contributed by atoms with Gasteiger partial charge in [-0.1, -0.05) is 47.5 Å². The van der Waals surface area contributed by atoms with Crippen LogP contribution in [0.3, 0.4) is 0 Å². The van der Waals surface area contributed by atoms with E-state index in [9.17, 15) is 13.2 Å². The average Bonchev–Trinajstić information content (AvgIpc) is 3.29. The van der Waals surface area contributed by atoms with E-state index in [1.807, 2.05) is 43.3 Å². The molecule has 2 aromatic carbocycles. The monoisotopic (exact) mass is 529 g/mol. The average molecular weight is 530 g/mol. The Balaban J connectivity index is 1.17. The van der Waals surface area contributed by atoms with E-state index in [0.717, 1.165) is 61.0 Å². The second-order valence-corrected chi connectivity index (χ2v) is 11.7. The van der Waals surface area contributed by atoms with Gasteiger partial charge in [-0.25, -0.2) is 8.42 Å². The summed E-state index contributed by atoms with van der Waals surface area (Å²) in [4.78, 5) is 17.2. The molecule has 192 valence electrons. The van der Waals surface area contributed by atoms with Gasteiger partial charge >= 0.3 is 0 Å². The first-order chi connectivity index (χ1) is 17.3. The van der Waals surface area contributed by atoms with Crippen molar-refractivity contribution in [3.05, 3.63) is 88.3 Å². The molecule has 1 saturated heterocycles. The predicted octanol–water partition coefficient (Wildman–Crippen LogP) is 4.30. The van der Waals surface area contributed by atoms with Crippen molar-refractivity contribution in [3.8, 4) is 0 Å². The normalized spacial score (nSPS) is 14.7. The quantitative estimate of drug-likeness (QED) is 0.394. The highest BCUT2D eigenvalue weighted by atomic mass is 35.5. The van der Waals surface area contributed by atoms with Crippen molar-refractivity contribution in [1.82, 2.24) is 10.2 Å². The summed E-state index contributed by atoms with van der Waals surface area (Å²) < 4.78 is 30.7. The lowest BCUT2D eigenvalue weighted by molar-refractivity contribution is 0.0922. The predicted molar refractivity (Wildman–Crippen MR) is 143 cm³/mol. The van der Waals surface area contributed by atoms with E-state index in [0.29, 0.717) is 6.54 Å². The number of aryl methyl sites for hydroxylation is 1. The van der Waals surface area contributed by atoms with E-state index in [-0.39, 0.29) is 28.9 Å². The van der Waals surface area contributed by atoms with Crippen LogP contribution < -0.4 is 10.2 Å². The zero-order valence-corrected chi connectivity index (χ0v) is 22.0. The van der Waals surface area contributed by atoms with E-state index in [1.165, 1.54) is 6.07 Å². The highest BCUT2D eigenvalue weighted by molar-refractivity contribution is 7.89. The Hall–Kier alpha value is -2.81. The van der Waals surface area contributed by atoms with Crippen LogP contribution in [0, 0.1) is 6.92 Å².